The Kier molecular flexibility index (Phi) is 5.80. The quantitative estimate of drug-likeness (QED) is 0.926. The van der Waals surface area contributed by atoms with Gasteiger partial charge in [-0.1, -0.05) is 19.1 Å². The summed E-state index contributed by atoms with van der Waals surface area (Å²) in [6, 6.07) is 7.08. The minimum absolute atomic E-state index is 0. The molecule has 1 heterocycles. The highest BCUT2D eigenvalue weighted by Gasteiger charge is 2.28. The molecule has 1 aromatic carbocycles. The maximum atomic E-state index is 12.4. The van der Waals surface area contributed by atoms with E-state index in [2.05, 4.69) is 0 Å². The average molecular weight is 305 g/mol. The molecule has 0 saturated carbocycles. The van der Waals surface area contributed by atoms with Gasteiger partial charge in [0.15, 0.2) is 0 Å². The van der Waals surface area contributed by atoms with Crippen LogP contribution in [0.3, 0.4) is 0 Å². The first-order valence-electron chi connectivity index (χ1n) is 6.38. The topological polar surface area (TPSA) is 63.4 Å². The van der Waals surface area contributed by atoms with Gasteiger partial charge in [-0.3, -0.25) is 0 Å². The van der Waals surface area contributed by atoms with Crippen molar-refractivity contribution in [2.24, 2.45) is 5.73 Å². The van der Waals surface area contributed by atoms with Gasteiger partial charge in [0.05, 0.1) is 4.90 Å². The maximum absolute atomic E-state index is 12.4. The molecule has 0 aromatic heterocycles. The molecule has 0 bridgehead atoms. The molecule has 0 spiro atoms. The van der Waals surface area contributed by atoms with Crippen LogP contribution in [0.4, 0.5) is 0 Å². The number of rotatable bonds is 3. The van der Waals surface area contributed by atoms with Crippen LogP contribution < -0.4 is 5.73 Å². The Morgan fingerprint density at radius 2 is 1.95 bits per heavy atom. The van der Waals surface area contributed by atoms with Crippen molar-refractivity contribution in [1.82, 2.24) is 4.31 Å². The van der Waals surface area contributed by atoms with E-state index >= 15 is 0 Å². The van der Waals surface area contributed by atoms with Crippen LogP contribution in [-0.4, -0.2) is 31.9 Å². The van der Waals surface area contributed by atoms with Crippen LogP contribution >= 0.6 is 12.4 Å². The first kappa shape index (κ1) is 16.4. The van der Waals surface area contributed by atoms with Crippen LogP contribution in [0.2, 0.25) is 0 Å². The Morgan fingerprint density at radius 3 is 2.47 bits per heavy atom. The number of sulfonamides is 1. The molecule has 1 saturated heterocycles. The Morgan fingerprint density at radius 1 is 1.32 bits per heavy atom. The van der Waals surface area contributed by atoms with Gasteiger partial charge in [-0.25, -0.2) is 8.42 Å². The zero-order valence-corrected chi connectivity index (χ0v) is 12.7. The highest BCUT2D eigenvalue weighted by Crippen LogP contribution is 2.20. The van der Waals surface area contributed by atoms with E-state index in [0.29, 0.717) is 18.0 Å². The number of piperidine rings is 1. The van der Waals surface area contributed by atoms with Gasteiger partial charge in [0.1, 0.15) is 0 Å². The molecule has 2 rings (SSSR count). The summed E-state index contributed by atoms with van der Waals surface area (Å²) in [6.07, 6.45) is 2.66. The summed E-state index contributed by atoms with van der Waals surface area (Å²) in [5.74, 6) is 0. The zero-order valence-electron chi connectivity index (χ0n) is 11.1. The fraction of sp³-hybridized carbons (Fsp3) is 0.538. The molecule has 19 heavy (non-hydrogen) atoms. The highest BCUT2D eigenvalue weighted by molar-refractivity contribution is 7.89. The zero-order chi connectivity index (χ0) is 13.2. The van der Waals surface area contributed by atoms with Crippen molar-refractivity contribution >= 4 is 22.4 Å². The monoisotopic (exact) mass is 304 g/mol. The third-order valence-corrected chi connectivity index (χ3v) is 5.27. The summed E-state index contributed by atoms with van der Waals surface area (Å²) in [7, 11) is -3.37. The fourth-order valence-corrected chi connectivity index (χ4v) is 3.77. The lowest BCUT2D eigenvalue weighted by Crippen LogP contribution is -2.45. The lowest BCUT2D eigenvalue weighted by atomic mass is 10.1. The molecule has 1 fully saturated rings. The Bertz CT molecular complexity index is 502. The van der Waals surface area contributed by atoms with E-state index in [4.69, 9.17) is 5.73 Å². The van der Waals surface area contributed by atoms with E-state index in [9.17, 15) is 8.42 Å². The van der Waals surface area contributed by atoms with Crippen LogP contribution in [0.5, 0.6) is 0 Å². The molecule has 0 radical (unpaired) electrons. The largest absolute Gasteiger partial charge is 0.327 e. The second kappa shape index (κ2) is 6.70. The summed E-state index contributed by atoms with van der Waals surface area (Å²) in [6.45, 7) is 3.05. The molecule has 1 atom stereocenters. The summed E-state index contributed by atoms with van der Waals surface area (Å²) in [5, 5.41) is 0. The van der Waals surface area contributed by atoms with Gasteiger partial charge in [-0.15, -0.1) is 12.4 Å². The van der Waals surface area contributed by atoms with Gasteiger partial charge in [0.25, 0.3) is 0 Å². The molecule has 1 aliphatic rings. The van der Waals surface area contributed by atoms with Crippen molar-refractivity contribution in [2.75, 3.05) is 13.1 Å². The molecular formula is C13H21ClN2O2S. The lowest BCUT2D eigenvalue weighted by molar-refractivity contribution is 0.316. The van der Waals surface area contributed by atoms with Crippen molar-refractivity contribution in [1.29, 1.82) is 0 Å². The Balaban J connectivity index is 0.00000180. The molecule has 0 aliphatic carbocycles. The Labute approximate surface area is 121 Å². The number of hydrogen-bond acceptors (Lipinski definition) is 3. The highest BCUT2D eigenvalue weighted by atomic mass is 35.5. The van der Waals surface area contributed by atoms with Crippen molar-refractivity contribution in [2.45, 2.75) is 37.1 Å². The molecular weight excluding hydrogens is 284 g/mol. The summed E-state index contributed by atoms with van der Waals surface area (Å²) in [4.78, 5) is 0.369. The van der Waals surface area contributed by atoms with Gasteiger partial charge in [-0.2, -0.15) is 4.31 Å². The lowest BCUT2D eigenvalue weighted by Gasteiger charge is -2.29. The number of nitrogens with zero attached hydrogens (tertiary/aromatic N) is 1. The smallest absolute Gasteiger partial charge is 0.243 e. The van der Waals surface area contributed by atoms with Gasteiger partial charge in [-0.05, 0) is 37.0 Å². The van der Waals surface area contributed by atoms with E-state index in [1.54, 1.807) is 12.1 Å². The first-order chi connectivity index (χ1) is 8.54. The van der Waals surface area contributed by atoms with E-state index in [1.807, 2.05) is 19.1 Å². The summed E-state index contributed by atoms with van der Waals surface area (Å²) in [5.41, 5.74) is 6.98. The molecule has 0 unspecified atom stereocenters. The van der Waals surface area contributed by atoms with E-state index in [0.717, 1.165) is 24.8 Å². The average Bonchev–Trinajstić information content (AvgIpc) is 2.39. The predicted molar refractivity (Wildman–Crippen MR) is 79.0 cm³/mol. The van der Waals surface area contributed by atoms with Gasteiger partial charge < -0.3 is 5.73 Å². The molecule has 1 aromatic rings. The van der Waals surface area contributed by atoms with Crippen LogP contribution in [-0.2, 0) is 16.4 Å². The molecule has 0 amide bonds. The van der Waals surface area contributed by atoms with Crippen molar-refractivity contribution in [3.8, 4) is 0 Å². The van der Waals surface area contributed by atoms with Crippen LogP contribution in [0, 0.1) is 0 Å². The Hall–Kier alpha value is -0.620. The minimum atomic E-state index is -3.37. The molecule has 108 valence electrons. The van der Waals surface area contributed by atoms with Crippen LogP contribution in [0.25, 0.3) is 0 Å². The first-order valence-corrected chi connectivity index (χ1v) is 7.82. The molecule has 6 heteroatoms. The number of nitrogens with two attached hydrogens (primary N) is 1. The SMILES string of the molecule is CCc1ccc(S(=O)(=O)N2CCC[C@@H](N)C2)cc1.Cl. The van der Waals surface area contributed by atoms with Crippen molar-refractivity contribution < 1.29 is 8.42 Å². The number of hydrogen-bond donors (Lipinski definition) is 1. The molecule has 2 N–H and O–H groups in total. The van der Waals surface area contributed by atoms with E-state index in [1.165, 1.54) is 4.31 Å². The predicted octanol–water partition coefficient (Wildman–Crippen LogP) is 1.78. The number of benzene rings is 1. The third kappa shape index (κ3) is 3.69. The van der Waals surface area contributed by atoms with Gasteiger partial charge >= 0.3 is 0 Å². The standard InChI is InChI=1S/C13H20N2O2S.ClH/c1-2-11-5-7-13(8-6-11)18(16,17)15-9-3-4-12(14)10-15;/h5-8,12H,2-4,9-10,14H2,1H3;1H/t12-;/m1./s1. The second-order valence-corrected chi connectivity index (χ2v) is 6.70. The minimum Gasteiger partial charge on any atom is -0.327 e. The van der Waals surface area contributed by atoms with Crippen molar-refractivity contribution in [3.05, 3.63) is 29.8 Å². The third-order valence-electron chi connectivity index (χ3n) is 3.39. The second-order valence-electron chi connectivity index (χ2n) is 4.76. The van der Waals surface area contributed by atoms with Crippen LogP contribution in [0.1, 0.15) is 25.3 Å². The number of halogens is 1. The molecule has 1 aliphatic heterocycles. The normalized spacial score (nSPS) is 20.8. The van der Waals surface area contributed by atoms with E-state index < -0.39 is 10.0 Å². The molecule has 4 nitrogen and oxygen atoms in total. The summed E-state index contributed by atoms with van der Waals surface area (Å²) < 4.78 is 26.3. The van der Waals surface area contributed by atoms with Crippen molar-refractivity contribution in [3.63, 3.8) is 0 Å². The van der Waals surface area contributed by atoms with E-state index in [-0.39, 0.29) is 18.4 Å². The fourth-order valence-electron chi connectivity index (χ4n) is 2.24. The van der Waals surface area contributed by atoms with Crippen LogP contribution in [0.15, 0.2) is 29.2 Å². The maximum Gasteiger partial charge on any atom is 0.243 e. The van der Waals surface area contributed by atoms with Gasteiger partial charge in [0, 0.05) is 19.1 Å². The summed E-state index contributed by atoms with van der Waals surface area (Å²) >= 11 is 0. The number of aryl methyl sites for hydroxylation is 1. The van der Waals surface area contributed by atoms with Gasteiger partial charge in [0.2, 0.25) is 10.0 Å².